The van der Waals surface area contributed by atoms with E-state index in [2.05, 4.69) is 27.4 Å². The van der Waals surface area contributed by atoms with E-state index >= 15 is 0 Å². The third-order valence-electron chi connectivity index (χ3n) is 1.29. The molecule has 2 N–H and O–H groups in total. The van der Waals surface area contributed by atoms with Crippen molar-refractivity contribution in [2.75, 3.05) is 7.05 Å². The Bertz CT molecular complexity index is 109. The zero-order valence-electron chi connectivity index (χ0n) is 6.73. The SMILES string of the molecule is C=C(N(C)N)C(C)(C)C. The molecule has 0 radical (unpaired) electrons. The van der Waals surface area contributed by atoms with Crippen LogP contribution in [0.3, 0.4) is 0 Å². The number of rotatable bonds is 1. The molecule has 0 aromatic rings. The Kier molecular flexibility index (Phi) is 2.26. The van der Waals surface area contributed by atoms with Crippen molar-refractivity contribution in [3.05, 3.63) is 12.3 Å². The van der Waals surface area contributed by atoms with E-state index in [1.807, 2.05) is 0 Å². The molecule has 0 spiro atoms. The highest BCUT2D eigenvalue weighted by molar-refractivity contribution is 5.01. The Labute approximate surface area is 57.3 Å². The van der Waals surface area contributed by atoms with Crippen LogP contribution < -0.4 is 5.84 Å². The fraction of sp³-hybridized carbons (Fsp3) is 0.714. The Morgan fingerprint density at radius 3 is 1.78 bits per heavy atom. The largest absolute Gasteiger partial charge is 0.318 e. The van der Waals surface area contributed by atoms with Gasteiger partial charge in [-0.2, -0.15) is 0 Å². The summed E-state index contributed by atoms with van der Waals surface area (Å²) in [6.45, 7) is 10.1. The van der Waals surface area contributed by atoms with Crippen molar-refractivity contribution in [3.8, 4) is 0 Å². The maximum absolute atomic E-state index is 5.46. The van der Waals surface area contributed by atoms with Crippen LogP contribution in [0.15, 0.2) is 12.3 Å². The lowest BCUT2D eigenvalue weighted by Crippen LogP contribution is -2.31. The van der Waals surface area contributed by atoms with Crippen LogP contribution in [0.5, 0.6) is 0 Å². The summed E-state index contributed by atoms with van der Waals surface area (Å²) in [5, 5.41) is 1.56. The van der Waals surface area contributed by atoms with Gasteiger partial charge >= 0.3 is 0 Å². The molecule has 0 heterocycles. The van der Waals surface area contributed by atoms with Crippen LogP contribution >= 0.6 is 0 Å². The highest BCUT2D eigenvalue weighted by Gasteiger charge is 2.16. The van der Waals surface area contributed by atoms with Gasteiger partial charge in [-0.1, -0.05) is 27.4 Å². The Hall–Kier alpha value is -0.500. The van der Waals surface area contributed by atoms with Crippen molar-refractivity contribution in [2.45, 2.75) is 20.8 Å². The van der Waals surface area contributed by atoms with Gasteiger partial charge in [0.2, 0.25) is 0 Å². The highest BCUT2D eigenvalue weighted by Crippen LogP contribution is 2.23. The van der Waals surface area contributed by atoms with Crippen molar-refractivity contribution in [1.29, 1.82) is 0 Å². The van der Waals surface area contributed by atoms with Gasteiger partial charge in [0, 0.05) is 18.2 Å². The van der Waals surface area contributed by atoms with Crippen LogP contribution in [-0.4, -0.2) is 12.1 Å². The molecule has 0 saturated carbocycles. The van der Waals surface area contributed by atoms with E-state index in [0.717, 1.165) is 5.70 Å². The lowest BCUT2D eigenvalue weighted by molar-refractivity contribution is 0.321. The second-order valence-electron chi connectivity index (χ2n) is 3.31. The molecule has 0 atom stereocenters. The molecule has 0 aromatic heterocycles. The third-order valence-corrected chi connectivity index (χ3v) is 1.29. The summed E-state index contributed by atoms with van der Waals surface area (Å²) < 4.78 is 0. The highest BCUT2D eigenvalue weighted by atomic mass is 15.4. The first-order chi connectivity index (χ1) is 3.85. The van der Waals surface area contributed by atoms with Crippen molar-refractivity contribution in [3.63, 3.8) is 0 Å². The maximum Gasteiger partial charge on any atom is 0.0269 e. The van der Waals surface area contributed by atoms with Gasteiger partial charge in [0.1, 0.15) is 0 Å². The van der Waals surface area contributed by atoms with Gasteiger partial charge in [-0.3, -0.25) is 0 Å². The lowest BCUT2D eigenvalue weighted by atomic mass is 9.93. The molecule has 0 amide bonds. The molecule has 0 aromatic carbocycles. The number of nitrogens with two attached hydrogens (primary N) is 1. The molecule has 0 aliphatic heterocycles. The zero-order valence-corrected chi connectivity index (χ0v) is 6.73. The van der Waals surface area contributed by atoms with Crippen LogP contribution in [0, 0.1) is 5.41 Å². The minimum absolute atomic E-state index is 0.0868. The first-order valence-electron chi connectivity index (χ1n) is 3.03. The number of allylic oxidation sites excluding steroid dienone is 1. The Morgan fingerprint density at radius 1 is 1.44 bits per heavy atom. The molecule has 0 rings (SSSR count). The Morgan fingerprint density at radius 2 is 1.78 bits per heavy atom. The quantitative estimate of drug-likeness (QED) is 0.426. The summed E-state index contributed by atoms with van der Waals surface area (Å²) in [7, 11) is 1.80. The molecular weight excluding hydrogens is 112 g/mol. The average molecular weight is 128 g/mol. The van der Waals surface area contributed by atoms with Crippen LogP contribution in [0.1, 0.15) is 20.8 Å². The average Bonchev–Trinajstić information content (AvgIpc) is 1.62. The fourth-order valence-electron chi connectivity index (χ4n) is 0.529. The predicted molar refractivity (Wildman–Crippen MR) is 40.5 cm³/mol. The van der Waals surface area contributed by atoms with Gasteiger partial charge in [0.15, 0.2) is 0 Å². The fourth-order valence-corrected chi connectivity index (χ4v) is 0.529. The Balaban J connectivity index is 4.06. The third kappa shape index (κ3) is 2.51. The molecular formula is C7H16N2. The molecule has 0 fully saturated rings. The van der Waals surface area contributed by atoms with Gasteiger partial charge < -0.3 is 5.01 Å². The van der Waals surface area contributed by atoms with Crippen LogP contribution in [0.25, 0.3) is 0 Å². The van der Waals surface area contributed by atoms with E-state index in [4.69, 9.17) is 5.84 Å². The van der Waals surface area contributed by atoms with E-state index in [1.54, 1.807) is 12.1 Å². The summed E-state index contributed by atoms with van der Waals surface area (Å²) in [5.74, 6) is 5.46. The van der Waals surface area contributed by atoms with Gasteiger partial charge in [-0.05, 0) is 0 Å². The minimum Gasteiger partial charge on any atom is -0.318 e. The number of hydrogen-bond donors (Lipinski definition) is 1. The summed E-state index contributed by atoms with van der Waals surface area (Å²) in [6.07, 6.45) is 0. The van der Waals surface area contributed by atoms with Crippen molar-refractivity contribution >= 4 is 0 Å². The lowest BCUT2D eigenvalue weighted by Gasteiger charge is -2.27. The molecule has 0 unspecified atom stereocenters. The molecule has 2 nitrogen and oxygen atoms in total. The minimum atomic E-state index is 0.0868. The summed E-state index contributed by atoms with van der Waals surface area (Å²) in [4.78, 5) is 0. The number of hydrogen-bond acceptors (Lipinski definition) is 2. The predicted octanol–water partition coefficient (Wildman–Crippen LogP) is 1.35. The first kappa shape index (κ1) is 8.50. The first-order valence-corrected chi connectivity index (χ1v) is 3.03. The van der Waals surface area contributed by atoms with E-state index in [0.29, 0.717) is 0 Å². The van der Waals surface area contributed by atoms with Crippen molar-refractivity contribution in [1.82, 2.24) is 5.01 Å². The second kappa shape index (κ2) is 2.40. The van der Waals surface area contributed by atoms with E-state index < -0.39 is 0 Å². The summed E-state index contributed by atoms with van der Waals surface area (Å²) in [6, 6.07) is 0. The maximum atomic E-state index is 5.46. The number of hydrazine groups is 1. The monoisotopic (exact) mass is 128 g/mol. The molecule has 2 heteroatoms. The van der Waals surface area contributed by atoms with Crippen LogP contribution in [-0.2, 0) is 0 Å². The molecule has 0 bridgehead atoms. The van der Waals surface area contributed by atoms with E-state index in [9.17, 15) is 0 Å². The summed E-state index contributed by atoms with van der Waals surface area (Å²) >= 11 is 0. The van der Waals surface area contributed by atoms with Gasteiger partial charge in [0.25, 0.3) is 0 Å². The van der Waals surface area contributed by atoms with Gasteiger partial charge in [-0.25, -0.2) is 5.84 Å². The van der Waals surface area contributed by atoms with Crippen molar-refractivity contribution < 1.29 is 0 Å². The summed E-state index contributed by atoms with van der Waals surface area (Å²) in [5.41, 5.74) is 1.03. The molecule has 54 valence electrons. The van der Waals surface area contributed by atoms with Crippen molar-refractivity contribution in [2.24, 2.45) is 11.3 Å². The van der Waals surface area contributed by atoms with E-state index in [-0.39, 0.29) is 5.41 Å². The molecule has 0 saturated heterocycles. The molecule has 9 heavy (non-hydrogen) atoms. The number of nitrogens with zero attached hydrogens (tertiary/aromatic N) is 1. The second-order valence-corrected chi connectivity index (χ2v) is 3.31. The standard InChI is InChI=1S/C7H16N2/c1-6(9(5)8)7(2,3)4/h1,8H2,2-5H3. The molecule has 0 aliphatic rings. The topological polar surface area (TPSA) is 29.3 Å². The smallest absolute Gasteiger partial charge is 0.0269 e. The van der Waals surface area contributed by atoms with E-state index in [1.165, 1.54) is 0 Å². The van der Waals surface area contributed by atoms with Gasteiger partial charge in [0.05, 0.1) is 0 Å². The van der Waals surface area contributed by atoms with Crippen LogP contribution in [0.2, 0.25) is 0 Å². The zero-order chi connectivity index (χ0) is 7.65. The van der Waals surface area contributed by atoms with Gasteiger partial charge in [-0.15, -0.1) is 0 Å². The van der Waals surface area contributed by atoms with Crippen LogP contribution in [0.4, 0.5) is 0 Å². The molecule has 0 aliphatic carbocycles. The normalized spacial score (nSPS) is 11.2.